The van der Waals surface area contributed by atoms with Crippen molar-refractivity contribution >= 4 is 22.8 Å². The van der Waals surface area contributed by atoms with E-state index in [1.807, 2.05) is 13.0 Å². The summed E-state index contributed by atoms with van der Waals surface area (Å²) in [5, 5.41) is 2.77. The third-order valence-electron chi connectivity index (χ3n) is 3.99. The van der Waals surface area contributed by atoms with Gasteiger partial charge in [-0.1, -0.05) is 12.1 Å². The van der Waals surface area contributed by atoms with Crippen LogP contribution in [0.15, 0.2) is 40.2 Å². The molecule has 0 fully saturated rings. The second-order valence-electron chi connectivity index (χ2n) is 5.73. The molecule has 1 N–H and O–H groups in total. The van der Waals surface area contributed by atoms with Crippen molar-refractivity contribution in [3.63, 3.8) is 0 Å². The quantitative estimate of drug-likeness (QED) is 0.715. The maximum atomic E-state index is 12.4. The molecule has 0 bridgehead atoms. The van der Waals surface area contributed by atoms with Crippen molar-refractivity contribution in [1.29, 1.82) is 0 Å². The van der Waals surface area contributed by atoms with Crippen LogP contribution in [0.5, 0.6) is 5.75 Å². The Morgan fingerprint density at radius 2 is 1.92 bits per heavy atom. The summed E-state index contributed by atoms with van der Waals surface area (Å²) in [5.74, 6) is 0.226. The van der Waals surface area contributed by atoms with Gasteiger partial charge in [0.05, 0.1) is 18.6 Å². The SMILES string of the molecule is CCOc1ccccc1NC(=O)Cn1cnc2c1c(=O)n(C)c(=O)n2C. The lowest BCUT2D eigenvalue weighted by atomic mass is 10.3. The van der Waals surface area contributed by atoms with Crippen LogP contribution in [0.2, 0.25) is 0 Å². The number of hydrogen-bond acceptors (Lipinski definition) is 5. The minimum Gasteiger partial charge on any atom is -0.492 e. The Labute approximate surface area is 148 Å². The zero-order valence-electron chi connectivity index (χ0n) is 14.7. The number of hydrogen-bond donors (Lipinski definition) is 1. The number of rotatable bonds is 5. The first-order valence-corrected chi connectivity index (χ1v) is 8.06. The number of para-hydroxylation sites is 2. The molecule has 2 heterocycles. The number of nitrogens with one attached hydrogen (secondary N) is 1. The highest BCUT2D eigenvalue weighted by atomic mass is 16.5. The second kappa shape index (κ2) is 6.87. The molecule has 0 aliphatic rings. The summed E-state index contributed by atoms with van der Waals surface area (Å²) >= 11 is 0. The van der Waals surface area contributed by atoms with Crippen LogP contribution in [-0.2, 0) is 25.4 Å². The number of fused-ring (bicyclic) bond motifs is 1. The Morgan fingerprint density at radius 1 is 1.19 bits per heavy atom. The molecule has 1 aromatic carbocycles. The molecule has 3 rings (SSSR count). The van der Waals surface area contributed by atoms with Gasteiger partial charge in [-0.25, -0.2) is 9.78 Å². The summed E-state index contributed by atoms with van der Waals surface area (Å²) in [6, 6.07) is 7.10. The van der Waals surface area contributed by atoms with Crippen LogP contribution < -0.4 is 21.3 Å². The zero-order valence-corrected chi connectivity index (χ0v) is 14.7. The molecule has 26 heavy (non-hydrogen) atoms. The van der Waals surface area contributed by atoms with E-state index in [4.69, 9.17) is 4.74 Å². The van der Waals surface area contributed by atoms with Crippen LogP contribution in [0.4, 0.5) is 5.69 Å². The minimum atomic E-state index is -0.497. The first kappa shape index (κ1) is 17.5. The zero-order chi connectivity index (χ0) is 18.8. The summed E-state index contributed by atoms with van der Waals surface area (Å²) in [5.41, 5.74) is 0.0125. The lowest BCUT2D eigenvalue weighted by Crippen LogP contribution is -2.37. The number of anilines is 1. The first-order chi connectivity index (χ1) is 12.4. The van der Waals surface area contributed by atoms with E-state index in [1.54, 1.807) is 18.2 Å². The summed E-state index contributed by atoms with van der Waals surface area (Å²) in [7, 11) is 2.92. The smallest absolute Gasteiger partial charge is 0.332 e. The van der Waals surface area contributed by atoms with E-state index in [0.717, 1.165) is 4.57 Å². The van der Waals surface area contributed by atoms with E-state index in [1.165, 1.54) is 29.6 Å². The number of amides is 1. The van der Waals surface area contributed by atoms with Crippen molar-refractivity contribution in [2.24, 2.45) is 14.1 Å². The maximum absolute atomic E-state index is 12.4. The average Bonchev–Trinajstić information content (AvgIpc) is 3.03. The van der Waals surface area contributed by atoms with Gasteiger partial charge < -0.3 is 14.6 Å². The first-order valence-electron chi connectivity index (χ1n) is 8.06. The number of carbonyl (C=O) groups is 1. The van der Waals surface area contributed by atoms with Gasteiger partial charge >= 0.3 is 5.69 Å². The molecule has 0 aliphatic heterocycles. The molecule has 0 saturated heterocycles. The van der Waals surface area contributed by atoms with E-state index < -0.39 is 11.2 Å². The molecule has 0 saturated carbocycles. The molecule has 0 radical (unpaired) electrons. The topological polar surface area (TPSA) is 100 Å². The summed E-state index contributed by atoms with van der Waals surface area (Å²) in [4.78, 5) is 40.9. The number of aryl methyl sites for hydroxylation is 1. The van der Waals surface area contributed by atoms with Gasteiger partial charge in [0.15, 0.2) is 11.2 Å². The predicted octanol–water partition coefficient (Wildman–Crippen LogP) is 0.471. The number of imidazole rings is 1. The van der Waals surface area contributed by atoms with Gasteiger partial charge in [0.1, 0.15) is 12.3 Å². The number of carbonyl (C=O) groups excluding carboxylic acids is 1. The molecular weight excluding hydrogens is 338 g/mol. The Bertz CT molecular complexity index is 1090. The van der Waals surface area contributed by atoms with Crippen LogP contribution in [0.1, 0.15) is 6.92 Å². The number of ether oxygens (including phenoxy) is 1. The molecule has 1 amide bonds. The predicted molar refractivity (Wildman–Crippen MR) is 96.5 cm³/mol. The standard InChI is InChI=1S/C17H19N5O4/c1-4-26-12-8-6-5-7-11(12)19-13(23)9-22-10-18-15-14(22)16(24)21(3)17(25)20(15)2/h5-8,10H,4,9H2,1-3H3,(H,19,23). The van der Waals surface area contributed by atoms with Gasteiger partial charge in [0.25, 0.3) is 5.56 Å². The van der Waals surface area contributed by atoms with E-state index >= 15 is 0 Å². The number of nitrogens with zero attached hydrogens (tertiary/aromatic N) is 4. The molecule has 0 unspecified atom stereocenters. The maximum Gasteiger partial charge on any atom is 0.332 e. The van der Waals surface area contributed by atoms with Crippen LogP contribution in [0.25, 0.3) is 11.2 Å². The van der Waals surface area contributed by atoms with E-state index in [2.05, 4.69) is 10.3 Å². The van der Waals surface area contributed by atoms with E-state index in [9.17, 15) is 14.4 Å². The Kier molecular flexibility index (Phi) is 4.61. The van der Waals surface area contributed by atoms with Gasteiger partial charge in [-0.15, -0.1) is 0 Å². The highest BCUT2D eigenvalue weighted by Gasteiger charge is 2.16. The minimum absolute atomic E-state index is 0.121. The largest absolute Gasteiger partial charge is 0.492 e. The van der Waals surface area contributed by atoms with Crippen molar-refractivity contribution in [3.8, 4) is 5.75 Å². The van der Waals surface area contributed by atoms with Crippen molar-refractivity contribution in [2.45, 2.75) is 13.5 Å². The van der Waals surface area contributed by atoms with Gasteiger partial charge in [-0.3, -0.25) is 18.7 Å². The van der Waals surface area contributed by atoms with Crippen LogP contribution >= 0.6 is 0 Å². The molecule has 3 aromatic rings. The molecule has 2 aromatic heterocycles. The monoisotopic (exact) mass is 357 g/mol. The normalized spacial score (nSPS) is 10.9. The Balaban J connectivity index is 1.92. The molecule has 0 aliphatic carbocycles. The lowest BCUT2D eigenvalue weighted by Gasteiger charge is -2.11. The van der Waals surface area contributed by atoms with Gasteiger partial charge in [0, 0.05) is 14.1 Å². The van der Waals surface area contributed by atoms with E-state index in [0.29, 0.717) is 18.0 Å². The molecular formula is C17H19N5O4. The lowest BCUT2D eigenvalue weighted by molar-refractivity contribution is -0.116. The third kappa shape index (κ3) is 2.99. The fraction of sp³-hybridized carbons (Fsp3) is 0.294. The van der Waals surface area contributed by atoms with Gasteiger partial charge in [-0.05, 0) is 19.1 Å². The highest BCUT2D eigenvalue weighted by Crippen LogP contribution is 2.23. The van der Waals surface area contributed by atoms with Crippen molar-refractivity contribution in [1.82, 2.24) is 18.7 Å². The molecule has 0 atom stereocenters. The van der Waals surface area contributed by atoms with E-state index in [-0.39, 0.29) is 23.6 Å². The van der Waals surface area contributed by atoms with Crippen molar-refractivity contribution in [2.75, 3.05) is 11.9 Å². The van der Waals surface area contributed by atoms with Crippen molar-refractivity contribution in [3.05, 3.63) is 51.4 Å². The van der Waals surface area contributed by atoms with Gasteiger partial charge in [-0.2, -0.15) is 0 Å². The molecule has 136 valence electrons. The number of aromatic nitrogens is 4. The molecule has 9 nitrogen and oxygen atoms in total. The van der Waals surface area contributed by atoms with Crippen molar-refractivity contribution < 1.29 is 9.53 Å². The fourth-order valence-corrected chi connectivity index (χ4v) is 2.71. The highest BCUT2D eigenvalue weighted by molar-refractivity contribution is 5.92. The summed E-state index contributed by atoms with van der Waals surface area (Å²) < 4.78 is 9.17. The van der Waals surface area contributed by atoms with Crippen LogP contribution in [0, 0.1) is 0 Å². The van der Waals surface area contributed by atoms with Crippen LogP contribution in [0.3, 0.4) is 0 Å². The third-order valence-corrected chi connectivity index (χ3v) is 3.99. The Hall–Kier alpha value is -3.36. The summed E-state index contributed by atoms with van der Waals surface area (Å²) in [6.45, 7) is 2.21. The fourth-order valence-electron chi connectivity index (χ4n) is 2.71. The molecule has 0 spiro atoms. The van der Waals surface area contributed by atoms with Gasteiger partial charge in [0.2, 0.25) is 5.91 Å². The Morgan fingerprint density at radius 3 is 2.65 bits per heavy atom. The number of benzene rings is 1. The summed E-state index contributed by atoms with van der Waals surface area (Å²) in [6.07, 6.45) is 1.37. The molecule has 9 heteroatoms. The average molecular weight is 357 g/mol. The second-order valence-corrected chi connectivity index (χ2v) is 5.73. The van der Waals surface area contributed by atoms with Crippen LogP contribution in [-0.4, -0.2) is 31.2 Å².